The molecular weight excluding hydrogens is 264 g/mol. The van der Waals surface area contributed by atoms with E-state index in [2.05, 4.69) is 5.32 Å². The molecule has 1 fully saturated rings. The van der Waals surface area contributed by atoms with E-state index in [1.807, 2.05) is 13.8 Å². The number of hydrogen-bond acceptors (Lipinski definition) is 4. The lowest BCUT2D eigenvalue weighted by Crippen LogP contribution is -2.45. The molecule has 0 aromatic carbocycles. The van der Waals surface area contributed by atoms with Crippen LogP contribution in [0.25, 0.3) is 0 Å². The van der Waals surface area contributed by atoms with Crippen LogP contribution in [0.15, 0.2) is 0 Å². The van der Waals surface area contributed by atoms with Gasteiger partial charge in [0.25, 0.3) is 0 Å². The van der Waals surface area contributed by atoms with Crippen molar-refractivity contribution in [3.8, 4) is 0 Å². The smallest absolute Gasteiger partial charge is 0.218 e. The summed E-state index contributed by atoms with van der Waals surface area (Å²) in [6.07, 6.45) is 2.35. The lowest BCUT2D eigenvalue weighted by atomic mass is 10.2. The number of rotatable bonds is 10. The summed E-state index contributed by atoms with van der Waals surface area (Å²) in [5, 5.41) is 2.90. The summed E-state index contributed by atoms with van der Waals surface area (Å²) >= 11 is 0. The molecule has 0 radical (unpaired) electrons. The third kappa shape index (κ3) is 5.77. The van der Waals surface area contributed by atoms with Gasteiger partial charge in [0.15, 0.2) is 0 Å². The van der Waals surface area contributed by atoms with E-state index in [1.54, 1.807) is 18.3 Å². The molecule has 0 aromatic heterocycles. The summed E-state index contributed by atoms with van der Waals surface area (Å²) in [5.74, 6) is 0.315. The van der Waals surface area contributed by atoms with Crippen molar-refractivity contribution in [1.82, 2.24) is 9.62 Å². The molecule has 114 valence electrons. The van der Waals surface area contributed by atoms with E-state index >= 15 is 0 Å². The minimum Gasteiger partial charge on any atom is -0.383 e. The fourth-order valence-corrected chi connectivity index (χ4v) is 3.55. The van der Waals surface area contributed by atoms with Crippen LogP contribution in [-0.4, -0.2) is 57.4 Å². The summed E-state index contributed by atoms with van der Waals surface area (Å²) in [4.78, 5) is 0. The Morgan fingerprint density at radius 2 is 1.95 bits per heavy atom. The molecule has 6 heteroatoms. The summed E-state index contributed by atoms with van der Waals surface area (Å²) in [6.45, 7) is 7.81. The van der Waals surface area contributed by atoms with Gasteiger partial charge in [-0.1, -0.05) is 13.8 Å². The molecule has 0 saturated heterocycles. The van der Waals surface area contributed by atoms with Crippen molar-refractivity contribution in [2.45, 2.75) is 44.9 Å². The minimum absolute atomic E-state index is 0.315. The van der Waals surface area contributed by atoms with E-state index < -0.39 is 10.0 Å². The molecule has 1 unspecified atom stereocenters. The highest BCUT2D eigenvalue weighted by molar-refractivity contribution is 7.89. The maximum Gasteiger partial charge on any atom is 0.218 e. The number of nitrogens with one attached hydrogen (secondary N) is 1. The zero-order valence-corrected chi connectivity index (χ0v) is 13.4. The quantitative estimate of drug-likeness (QED) is 0.654. The van der Waals surface area contributed by atoms with Gasteiger partial charge in [0.1, 0.15) is 0 Å². The molecule has 5 nitrogen and oxygen atoms in total. The summed E-state index contributed by atoms with van der Waals surface area (Å²) in [7, 11) is -1.65. The third-order valence-electron chi connectivity index (χ3n) is 3.25. The Bertz CT molecular complexity index is 353. The van der Waals surface area contributed by atoms with Gasteiger partial charge in [0.05, 0.1) is 11.9 Å². The van der Waals surface area contributed by atoms with Crippen LogP contribution in [0.4, 0.5) is 0 Å². The second-order valence-corrected chi connectivity index (χ2v) is 8.13. The molecule has 19 heavy (non-hydrogen) atoms. The summed E-state index contributed by atoms with van der Waals surface area (Å²) in [5.41, 5.74) is 0. The van der Waals surface area contributed by atoms with E-state index in [9.17, 15) is 8.42 Å². The highest BCUT2D eigenvalue weighted by Gasteiger charge is 2.30. The number of ether oxygens (including phenoxy) is 1. The number of sulfonamides is 1. The predicted molar refractivity (Wildman–Crippen MR) is 77.7 cm³/mol. The molecule has 1 aliphatic rings. The average Bonchev–Trinajstić information content (AvgIpc) is 3.14. The molecule has 1 saturated carbocycles. The topological polar surface area (TPSA) is 58.6 Å². The number of hydrogen-bond donors (Lipinski definition) is 1. The zero-order valence-electron chi connectivity index (χ0n) is 12.6. The Labute approximate surface area is 117 Å². The SMILES string of the molecule is COCCN(CC(C)C)S(=O)(=O)C(C)CNC1CC1. The molecule has 0 bridgehead atoms. The van der Waals surface area contributed by atoms with Crippen molar-refractivity contribution >= 4 is 10.0 Å². The first-order valence-corrected chi connectivity index (χ1v) is 8.59. The monoisotopic (exact) mass is 292 g/mol. The van der Waals surface area contributed by atoms with Gasteiger partial charge in [-0.15, -0.1) is 0 Å². The standard InChI is InChI=1S/C13H28N2O3S/c1-11(2)10-15(7-8-18-4)19(16,17)12(3)9-14-13-5-6-13/h11-14H,5-10H2,1-4H3. The predicted octanol–water partition coefficient (Wildman–Crippen LogP) is 1.06. The van der Waals surface area contributed by atoms with Gasteiger partial charge in [-0.25, -0.2) is 8.42 Å². The van der Waals surface area contributed by atoms with Gasteiger partial charge >= 0.3 is 0 Å². The van der Waals surface area contributed by atoms with Crippen LogP contribution in [-0.2, 0) is 14.8 Å². The number of methoxy groups -OCH3 is 1. The molecule has 1 N–H and O–H groups in total. The molecule has 0 aromatic rings. The minimum atomic E-state index is -3.25. The van der Waals surface area contributed by atoms with Gasteiger partial charge < -0.3 is 10.1 Å². The van der Waals surface area contributed by atoms with Crippen LogP contribution >= 0.6 is 0 Å². The van der Waals surface area contributed by atoms with Gasteiger partial charge in [0.2, 0.25) is 10.0 Å². The van der Waals surface area contributed by atoms with Crippen LogP contribution in [0.2, 0.25) is 0 Å². The van der Waals surface area contributed by atoms with Crippen molar-refractivity contribution < 1.29 is 13.2 Å². The molecule has 1 atom stereocenters. The van der Waals surface area contributed by atoms with E-state index in [-0.39, 0.29) is 5.25 Å². The van der Waals surface area contributed by atoms with Crippen molar-refractivity contribution in [1.29, 1.82) is 0 Å². The lowest BCUT2D eigenvalue weighted by Gasteiger charge is -2.27. The van der Waals surface area contributed by atoms with Crippen LogP contribution in [0, 0.1) is 5.92 Å². The third-order valence-corrected chi connectivity index (χ3v) is 5.49. The molecule has 0 heterocycles. The first kappa shape index (κ1) is 16.9. The van der Waals surface area contributed by atoms with Crippen LogP contribution in [0.1, 0.15) is 33.6 Å². The first-order chi connectivity index (χ1) is 8.87. The van der Waals surface area contributed by atoms with Gasteiger partial charge in [0, 0.05) is 32.8 Å². The fraction of sp³-hybridized carbons (Fsp3) is 1.00. The van der Waals surface area contributed by atoms with Gasteiger partial charge in [-0.05, 0) is 25.7 Å². The highest BCUT2D eigenvalue weighted by Crippen LogP contribution is 2.19. The van der Waals surface area contributed by atoms with Crippen LogP contribution in [0.3, 0.4) is 0 Å². The summed E-state index contributed by atoms with van der Waals surface area (Å²) < 4.78 is 31.7. The largest absolute Gasteiger partial charge is 0.383 e. The fourth-order valence-electron chi connectivity index (χ4n) is 1.90. The maximum atomic E-state index is 12.5. The zero-order chi connectivity index (χ0) is 14.5. The Kier molecular flexibility index (Phi) is 6.73. The second-order valence-electron chi connectivity index (χ2n) is 5.78. The Morgan fingerprint density at radius 1 is 1.32 bits per heavy atom. The van der Waals surface area contributed by atoms with Crippen molar-refractivity contribution in [3.63, 3.8) is 0 Å². The van der Waals surface area contributed by atoms with E-state index in [0.717, 1.165) is 0 Å². The molecule has 0 aliphatic heterocycles. The molecule has 1 rings (SSSR count). The van der Waals surface area contributed by atoms with E-state index in [1.165, 1.54) is 12.8 Å². The van der Waals surface area contributed by atoms with E-state index in [4.69, 9.17) is 4.74 Å². The average molecular weight is 292 g/mol. The molecule has 1 aliphatic carbocycles. The highest BCUT2D eigenvalue weighted by atomic mass is 32.2. The Hall–Kier alpha value is -0.170. The van der Waals surface area contributed by atoms with Crippen LogP contribution in [0.5, 0.6) is 0 Å². The van der Waals surface area contributed by atoms with Crippen molar-refractivity contribution in [2.75, 3.05) is 33.4 Å². The lowest BCUT2D eigenvalue weighted by molar-refractivity contribution is 0.175. The molecular formula is C13H28N2O3S. The summed E-state index contributed by atoms with van der Waals surface area (Å²) in [6, 6.07) is 0.537. The van der Waals surface area contributed by atoms with Gasteiger partial charge in [-0.3, -0.25) is 0 Å². The van der Waals surface area contributed by atoms with Crippen LogP contribution < -0.4 is 5.32 Å². The van der Waals surface area contributed by atoms with Crippen molar-refractivity contribution in [2.24, 2.45) is 5.92 Å². The first-order valence-electron chi connectivity index (χ1n) is 7.09. The number of nitrogens with zero attached hydrogens (tertiary/aromatic N) is 1. The van der Waals surface area contributed by atoms with E-state index in [0.29, 0.717) is 38.2 Å². The van der Waals surface area contributed by atoms with Gasteiger partial charge in [-0.2, -0.15) is 4.31 Å². The normalized spacial score (nSPS) is 18.2. The maximum absolute atomic E-state index is 12.5. The Morgan fingerprint density at radius 3 is 2.42 bits per heavy atom. The molecule has 0 amide bonds. The Balaban J connectivity index is 2.59. The van der Waals surface area contributed by atoms with Crippen molar-refractivity contribution in [3.05, 3.63) is 0 Å². The molecule has 0 spiro atoms. The second kappa shape index (κ2) is 7.57.